The summed E-state index contributed by atoms with van der Waals surface area (Å²) >= 11 is 0. The van der Waals surface area contributed by atoms with Gasteiger partial charge in [-0.2, -0.15) is 0 Å². The van der Waals surface area contributed by atoms with Crippen LogP contribution in [0.1, 0.15) is 74.7 Å². The highest BCUT2D eigenvalue weighted by atomic mass is 16.5. The minimum atomic E-state index is -1.66. The number of ether oxygens (including phenoxy) is 1. The molecule has 3 N–H and O–H groups in total. The summed E-state index contributed by atoms with van der Waals surface area (Å²) in [5.41, 5.74) is -0.226. The summed E-state index contributed by atoms with van der Waals surface area (Å²) in [6, 6.07) is 7.05. The van der Waals surface area contributed by atoms with Crippen LogP contribution in [0, 0.1) is 28.6 Å². The van der Waals surface area contributed by atoms with Gasteiger partial charge >= 0.3 is 5.97 Å². The van der Waals surface area contributed by atoms with E-state index in [0.717, 1.165) is 30.4 Å². The standard InChI is InChI=1S/C30H39NO6/c1-28-11-9-21(32)14-20(28)7-8-22-23-10-12-30(36,29(23,2)15-24(33)26(22)28)25(34)17-37-27(35)19-6-4-5-18(13-19)16-31-3/h4-6,13-14,22-24,26,31,33,36H,7-12,15-17H2,1-3H3/t22?,23?,24?,26?,28?,29?,30-/m0/s1. The van der Waals surface area contributed by atoms with E-state index in [1.165, 1.54) is 0 Å². The Hall–Kier alpha value is -2.35. The molecule has 5 rings (SSSR count). The summed E-state index contributed by atoms with van der Waals surface area (Å²) in [7, 11) is 1.82. The van der Waals surface area contributed by atoms with Crippen LogP contribution >= 0.6 is 0 Å². The highest BCUT2D eigenvalue weighted by molar-refractivity contribution is 5.94. The van der Waals surface area contributed by atoms with Crippen molar-refractivity contribution >= 4 is 17.5 Å². The number of Topliss-reactive ketones (excluding diaryl/α,β-unsaturated/α-hetero) is 1. The molecule has 0 radical (unpaired) electrons. The minimum Gasteiger partial charge on any atom is -0.454 e. The monoisotopic (exact) mass is 509 g/mol. The van der Waals surface area contributed by atoms with Crippen LogP contribution < -0.4 is 5.32 Å². The highest BCUT2D eigenvalue weighted by Gasteiger charge is 2.68. The molecule has 0 amide bonds. The first kappa shape index (κ1) is 26.3. The first-order chi connectivity index (χ1) is 17.5. The van der Waals surface area contributed by atoms with Crippen LogP contribution in [-0.2, 0) is 20.9 Å². The number of benzene rings is 1. The maximum atomic E-state index is 13.5. The molecule has 0 bridgehead atoms. The molecule has 4 aliphatic rings. The van der Waals surface area contributed by atoms with Crippen molar-refractivity contribution in [1.29, 1.82) is 0 Å². The van der Waals surface area contributed by atoms with Crippen LogP contribution in [0.2, 0.25) is 0 Å². The third kappa shape index (κ3) is 4.10. The summed E-state index contributed by atoms with van der Waals surface area (Å²) in [6.07, 6.45) is 5.35. The molecule has 7 heteroatoms. The van der Waals surface area contributed by atoms with Crippen LogP contribution in [0.25, 0.3) is 0 Å². The van der Waals surface area contributed by atoms with Gasteiger partial charge in [0.2, 0.25) is 5.78 Å². The zero-order valence-electron chi connectivity index (χ0n) is 22.1. The molecular formula is C30H39NO6. The van der Waals surface area contributed by atoms with Crippen LogP contribution in [0.3, 0.4) is 0 Å². The van der Waals surface area contributed by atoms with Gasteiger partial charge in [-0.1, -0.05) is 31.6 Å². The van der Waals surface area contributed by atoms with Gasteiger partial charge in [0, 0.05) is 18.4 Å². The average molecular weight is 510 g/mol. The Morgan fingerprint density at radius 2 is 1.95 bits per heavy atom. The normalized spacial score (nSPS) is 38.7. The summed E-state index contributed by atoms with van der Waals surface area (Å²) in [5, 5.41) is 26.4. The van der Waals surface area contributed by atoms with Crippen LogP contribution in [0.4, 0.5) is 0 Å². The van der Waals surface area contributed by atoms with Crippen LogP contribution in [0.15, 0.2) is 35.9 Å². The van der Waals surface area contributed by atoms with Gasteiger partial charge in [-0.25, -0.2) is 4.79 Å². The van der Waals surface area contributed by atoms with Gasteiger partial charge in [0.05, 0.1) is 11.7 Å². The molecule has 37 heavy (non-hydrogen) atoms. The van der Waals surface area contributed by atoms with Crippen molar-refractivity contribution in [2.75, 3.05) is 13.7 Å². The quantitative estimate of drug-likeness (QED) is 0.504. The van der Waals surface area contributed by atoms with E-state index in [1.54, 1.807) is 24.3 Å². The topological polar surface area (TPSA) is 113 Å². The van der Waals surface area contributed by atoms with E-state index in [0.29, 0.717) is 37.8 Å². The number of nitrogens with one attached hydrogen (secondary N) is 1. The van der Waals surface area contributed by atoms with Gasteiger partial charge in [-0.15, -0.1) is 0 Å². The van der Waals surface area contributed by atoms with Gasteiger partial charge in [0.1, 0.15) is 5.60 Å². The third-order valence-electron chi connectivity index (χ3n) is 10.4. The lowest BCUT2D eigenvalue weighted by molar-refractivity contribution is -0.182. The molecule has 3 saturated carbocycles. The lowest BCUT2D eigenvalue weighted by Crippen LogP contribution is -2.62. The Labute approximate surface area is 218 Å². The molecule has 0 spiro atoms. The van der Waals surface area contributed by atoms with Gasteiger partial charge in [-0.05, 0) is 92.5 Å². The van der Waals surface area contributed by atoms with Gasteiger partial charge in [-0.3, -0.25) is 9.59 Å². The van der Waals surface area contributed by atoms with Gasteiger partial charge in [0.25, 0.3) is 0 Å². The molecule has 1 aromatic rings. The van der Waals surface area contributed by atoms with E-state index in [-0.39, 0.29) is 29.0 Å². The Balaban J connectivity index is 1.33. The number of esters is 1. The first-order valence-corrected chi connectivity index (χ1v) is 13.6. The number of aliphatic hydroxyl groups excluding tert-OH is 1. The van der Waals surface area contributed by atoms with E-state index in [9.17, 15) is 24.6 Å². The predicted molar refractivity (Wildman–Crippen MR) is 138 cm³/mol. The number of rotatable bonds is 6. The third-order valence-corrected chi connectivity index (χ3v) is 10.4. The molecule has 4 aliphatic carbocycles. The molecule has 3 fully saturated rings. The van der Waals surface area contributed by atoms with Crippen molar-refractivity contribution in [2.24, 2.45) is 28.6 Å². The molecule has 0 aromatic heterocycles. The number of hydrogen-bond donors (Lipinski definition) is 3. The molecule has 7 nitrogen and oxygen atoms in total. The summed E-state index contributed by atoms with van der Waals surface area (Å²) < 4.78 is 5.38. The SMILES string of the molecule is CNCc1cccc(C(=O)OCC(=O)[C@@]2(O)CCC3C4CCC5=CC(=O)CCC5(C)C4C(O)CC32C)c1. The van der Waals surface area contributed by atoms with E-state index in [4.69, 9.17) is 4.74 Å². The molecule has 7 atom stereocenters. The van der Waals surface area contributed by atoms with E-state index in [2.05, 4.69) is 12.2 Å². The zero-order chi connectivity index (χ0) is 26.6. The Morgan fingerprint density at radius 1 is 1.16 bits per heavy atom. The zero-order valence-corrected chi connectivity index (χ0v) is 22.1. The Morgan fingerprint density at radius 3 is 2.70 bits per heavy atom. The van der Waals surface area contributed by atoms with E-state index < -0.39 is 35.5 Å². The lowest BCUT2D eigenvalue weighted by Gasteiger charge is -2.60. The summed E-state index contributed by atoms with van der Waals surface area (Å²) in [4.78, 5) is 38.2. The first-order valence-electron chi connectivity index (χ1n) is 13.6. The molecule has 200 valence electrons. The molecule has 0 heterocycles. The predicted octanol–water partition coefficient (Wildman–Crippen LogP) is 3.37. The summed E-state index contributed by atoms with van der Waals surface area (Å²) in [5.74, 6) is -0.648. The average Bonchev–Trinajstić information content (AvgIpc) is 3.14. The second-order valence-corrected chi connectivity index (χ2v) is 12.2. The van der Waals surface area contributed by atoms with Crippen molar-refractivity contribution < 1.29 is 29.3 Å². The van der Waals surface area contributed by atoms with Crippen LogP contribution in [0.5, 0.6) is 0 Å². The van der Waals surface area contributed by atoms with E-state index >= 15 is 0 Å². The van der Waals surface area contributed by atoms with Crippen molar-refractivity contribution in [3.05, 3.63) is 47.0 Å². The molecule has 6 unspecified atom stereocenters. The smallest absolute Gasteiger partial charge is 0.338 e. The minimum absolute atomic E-state index is 0.0128. The highest BCUT2D eigenvalue weighted by Crippen LogP contribution is 2.67. The van der Waals surface area contributed by atoms with Crippen molar-refractivity contribution in [2.45, 2.75) is 77.0 Å². The number of carbonyl (C=O) groups excluding carboxylic acids is 3. The van der Waals surface area contributed by atoms with Crippen molar-refractivity contribution in [3.63, 3.8) is 0 Å². The fourth-order valence-corrected chi connectivity index (χ4v) is 8.50. The number of ketones is 2. The second kappa shape index (κ2) is 9.44. The maximum absolute atomic E-state index is 13.5. The van der Waals surface area contributed by atoms with Gasteiger partial charge in [0.15, 0.2) is 12.4 Å². The number of carbonyl (C=O) groups is 3. The number of aliphatic hydroxyl groups is 2. The molecule has 1 aromatic carbocycles. The fourth-order valence-electron chi connectivity index (χ4n) is 8.50. The molecule has 0 aliphatic heterocycles. The number of hydrogen-bond acceptors (Lipinski definition) is 7. The molecule has 0 saturated heterocycles. The van der Waals surface area contributed by atoms with Crippen LogP contribution in [-0.4, -0.2) is 53.1 Å². The van der Waals surface area contributed by atoms with Gasteiger partial charge < -0.3 is 20.3 Å². The number of fused-ring (bicyclic) bond motifs is 5. The Bertz CT molecular complexity index is 1140. The Kier molecular flexibility index (Phi) is 6.70. The fraction of sp³-hybridized carbons (Fsp3) is 0.633. The van der Waals surface area contributed by atoms with Crippen molar-refractivity contribution in [3.8, 4) is 0 Å². The lowest BCUT2D eigenvalue weighted by atomic mass is 9.45. The molecular weight excluding hydrogens is 470 g/mol. The second-order valence-electron chi connectivity index (χ2n) is 12.2. The van der Waals surface area contributed by atoms with Crippen molar-refractivity contribution in [1.82, 2.24) is 5.32 Å². The van der Waals surface area contributed by atoms with E-state index in [1.807, 2.05) is 20.0 Å². The summed E-state index contributed by atoms with van der Waals surface area (Å²) in [6.45, 7) is 4.23. The largest absolute Gasteiger partial charge is 0.454 e. The number of allylic oxidation sites excluding steroid dienone is 1. The maximum Gasteiger partial charge on any atom is 0.338 e.